The molecule has 1 aliphatic rings. The van der Waals surface area contributed by atoms with Crippen LogP contribution >= 0.6 is 23.8 Å². The Balaban J connectivity index is 1.37. The summed E-state index contributed by atoms with van der Waals surface area (Å²) < 4.78 is 17.2. The van der Waals surface area contributed by atoms with Crippen molar-refractivity contribution in [3.8, 4) is 23.6 Å². The summed E-state index contributed by atoms with van der Waals surface area (Å²) in [5.41, 5.74) is 1.18. The third-order valence-corrected chi connectivity index (χ3v) is 6.45. The molecule has 4 rings (SSSR count). The highest BCUT2D eigenvalue weighted by atomic mass is 35.5. The number of benzene rings is 2. The molecule has 1 aliphatic heterocycles. The Bertz CT molecular complexity index is 1210. The van der Waals surface area contributed by atoms with E-state index in [-0.39, 0.29) is 16.8 Å². The van der Waals surface area contributed by atoms with E-state index in [0.29, 0.717) is 40.7 Å². The van der Waals surface area contributed by atoms with Crippen LogP contribution in [0.15, 0.2) is 46.9 Å². The summed E-state index contributed by atoms with van der Waals surface area (Å²) in [5, 5.41) is 10.2. The summed E-state index contributed by atoms with van der Waals surface area (Å²) in [5.74, 6) is -0.191. The maximum Gasteiger partial charge on any atom is 0.400 e. The van der Waals surface area contributed by atoms with Crippen molar-refractivity contribution in [1.82, 2.24) is 9.88 Å². The molecular weight excluding hydrogens is 474 g/mol. The average Bonchev–Trinajstić information content (AvgIpc) is 3.03. The SMILES string of the molecule is CC(Oc1ccc(Oc2nc3cc(Cl)ccc3o2)cc1)C(=S)C(C#N)C(=O)N1CCCCCC1. The van der Waals surface area contributed by atoms with E-state index < -0.39 is 12.0 Å². The maximum absolute atomic E-state index is 12.9. The first kappa shape index (κ1) is 24.0. The van der Waals surface area contributed by atoms with Gasteiger partial charge in [-0.2, -0.15) is 10.2 Å². The number of likely N-dealkylation sites (tertiary alicyclic amines) is 1. The minimum atomic E-state index is -1.00. The Labute approximate surface area is 208 Å². The summed E-state index contributed by atoms with van der Waals surface area (Å²) in [6.07, 6.45) is 3.62. The lowest BCUT2D eigenvalue weighted by Crippen LogP contribution is -2.42. The van der Waals surface area contributed by atoms with Gasteiger partial charge in [-0.3, -0.25) is 4.79 Å². The minimum absolute atomic E-state index is 0.101. The molecule has 1 amide bonds. The Morgan fingerprint density at radius 2 is 1.82 bits per heavy atom. The van der Waals surface area contributed by atoms with Crippen LogP contribution in [0, 0.1) is 17.2 Å². The van der Waals surface area contributed by atoms with Gasteiger partial charge in [0.25, 0.3) is 0 Å². The Morgan fingerprint density at radius 1 is 1.15 bits per heavy atom. The molecule has 0 N–H and O–H groups in total. The van der Waals surface area contributed by atoms with Crippen molar-refractivity contribution in [2.75, 3.05) is 13.1 Å². The van der Waals surface area contributed by atoms with Crippen molar-refractivity contribution in [2.45, 2.75) is 38.7 Å². The number of carbonyl (C=O) groups excluding carboxylic acids is 1. The molecule has 9 heteroatoms. The van der Waals surface area contributed by atoms with Crippen molar-refractivity contribution in [3.63, 3.8) is 0 Å². The highest BCUT2D eigenvalue weighted by molar-refractivity contribution is 7.80. The van der Waals surface area contributed by atoms with Crippen molar-refractivity contribution in [2.24, 2.45) is 5.92 Å². The predicted octanol–water partition coefficient (Wildman–Crippen LogP) is 5.95. The number of nitrogens with zero attached hydrogens (tertiary/aromatic N) is 3. The van der Waals surface area contributed by atoms with Gasteiger partial charge in [-0.1, -0.05) is 36.7 Å². The average molecular weight is 498 g/mol. The van der Waals surface area contributed by atoms with Crippen LogP contribution in [0.2, 0.25) is 5.02 Å². The van der Waals surface area contributed by atoms with Gasteiger partial charge in [0.05, 0.1) is 10.9 Å². The second kappa shape index (κ2) is 10.9. The molecule has 1 saturated heterocycles. The number of thiocarbonyl (C=S) groups is 1. The summed E-state index contributed by atoms with van der Waals surface area (Å²) in [6.45, 7) is 3.09. The fraction of sp³-hybridized carbons (Fsp3) is 0.360. The molecule has 2 unspecified atom stereocenters. The van der Waals surface area contributed by atoms with Gasteiger partial charge in [-0.15, -0.1) is 0 Å². The zero-order chi connectivity index (χ0) is 24.1. The van der Waals surface area contributed by atoms with Gasteiger partial charge >= 0.3 is 6.08 Å². The molecule has 1 aromatic heterocycles. The van der Waals surface area contributed by atoms with Gasteiger partial charge in [0.2, 0.25) is 5.91 Å². The monoisotopic (exact) mass is 497 g/mol. The van der Waals surface area contributed by atoms with Crippen LogP contribution in [0.4, 0.5) is 0 Å². The summed E-state index contributed by atoms with van der Waals surface area (Å²) in [4.78, 5) is 19.2. The zero-order valence-electron chi connectivity index (χ0n) is 18.7. The lowest BCUT2D eigenvalue weighted by atomic mass is 10.0. The molecular formula is C25H24ClN3O4S. The van der Waals surface area contributed by atoms with E-state index in [0.717, 1.165) is 25.7 Å². The fourth-order valence-corrected chi connectivity index (χ4v) is 4.19. The maximum atomic E-state index is 12.9. The second-order valence-electron chi connectivity index (χ2n) is 8.13. The lowest BCUT2D eigenvalue weighted by Gasteiger charge is -2.25. The van der Waals surface area contributed by atoms with E-state index in [1.807, 2.05) is 0 Å². The van der Waals surface area contributed by atoms with E-state index in [4.69, 9.17) is 37.7 Å². The molecule has 2 heterocycles. The van der Waals surface area contributed by atoms with Gasteiger partial charge in [-0.05, 0) is 62.2 Å². The fourth-order valence-electron chi connectivity index (χ4n) is 3.82. The van der Waals surface area contributed by atoms with Crippen molar-refractivity contribution >= 4 is 45.7 Å². The summed E-state index contributed by atoms with van der Waals surface area (Å²) in [7, 11) is 0. The zero-order valence-corrected chi connectivity index (χ0v) is 20.3. The molecule has 0 aliphatic carbocycles. The number of oxazole rings is 1. The lowest BCUT2D eigenvalue weighted by molar-refractivity contribution is -0.131. The van der Waals surface area contributed by atoms with E-state index in [9.17, 15) is 10.1 Å². The van der Waals surface area contributed by atoms with E-state index in [1.54, 1.807) is 54.3 Å². The highest BCUT2D eigenvalue weighted by Crippen LogP contribution is 2.28. The molecule has 0 spiro atoms. The number of aromatic nitrogens is 1. The molecule has 1 fully saturated rings. The number of hydrogen-bond donors (Lipinski definition) is 0. The molecule has 2 aromatic carbocycles. The smallest absolute Gasteiger partial charge is 0.400 e. The third-order valence-electron chi connectivity index (χ3n) is 5.65. The summed E-state index contributed by atoms with van der Waals surface area (Å²) >= 11 is 11.5. The van der Waals surface area contributed by atoms with Crippen LogP contribution in [0.5, 0.6) is 17.6 Å². The molecule has 34 heavy (non-hydrogen) atoms. The number of ether oxygens (including phenoxy) is 2. The molecule has 0 radical (unpaired) electrons. The Kier molecular flexibility index (Phi) is 7.66. The predicted molar refractivity (Wildman–Crippen MR) is 132 cm³/mol. The Morgan fingerprint density at radius 3 is 2.50 bits per heavy atom. The molecule has 7 nitrogen and oxygen atoms in total. The second-order valence-corrected chi connectivity index (χ2v) is 9.04. The molecule has 0 bridgehead atoms. The van der Waals surface area contributed by atoms with Gasteiger partial charge in [-0.25, -0.2) is 0 Å². The van der Waals surface area contributed by atoms with Gasteiger partial charge in [0, 0.05) is 18.1 Å². The van der Waals surface area contributed by atoms with Crippen LogP contribution in [0.1, 0.15) is 32.6 Å². The minimum Gasteiger partial charge on any atom is -0.485 e. The first-order valence-electron chi connectivity index (χ1n) is 11.2. The molecule has 2 atom stereocenters. The Hall–Kier alpha value is -3.15. The number of nitriles is 1. The first-order chi connectivity index (χ1) is 16.4. The third kappa shape index (κ3) is 5.66. The molecule has 176 valence electrons. The van der Waals surface area contributed by atoms with E-state index in [1.165, 1.54) is 0 Å². The molecule has 3 aromatic rings. The topological polar surface area (TPSA) is 88.6 Å². The summed E-state index contributed by atoms with van der Waals surface area (Å²) in [6, 6.07) is 14.1. The number of carbonyl (C=O) groups is 1. The van der Waals surface area contributed by atoms with E-state index >= 15 is 0 Å². The number of fused-ring (bicyclic) bond motifs is 1. The van der Waals surface area contributed by atoms with Crippen molar-refractivity contribution in [1.29, 1.82) is 5.26 Å². The number of amides is 1. The quantitative estimate of drug-likeness (QED) is 0.372. The van der Waals surface area contributed by atoms with Gasteiger partial charge in [0.1, 0.15) is 23.1 Å². The van der Waals surface area contributed by atoms with Crippen LogP contribution in [0.25, 0.3) is 11.1 Å². The molecule has 0 saturated carbocycles. The first-order valence-corrected chi connectivity index (χ1v) is 12.0. The van der Waals surface area contributed by atoms with Crippen LogP contribution in [-0.2, 0) is 4.79 Å². The van der Waals surface area contributed by atoms with Crippen molar-refractivity contribution in [3.05, 3.63) is 47.5 Å². The number of halogens is 1. The van der Waals surface area contributed by atoms with Gasteiger partial charge < -0.3 is 18.8 Å². The van der Waals surface area contributed by atoms with Crippen LogP contribution in [0.3, 0.4) is 0 Å². The van der Waals surface area contributed by atoms with Crippen LogP contribution < -0.4 is 9.47 Å². The normalized spacial score (nSPS) is 15.7. The van der Waals surface area contributed by atoms with Gasteiger partial charge in [0.15, 0.2) is 11.5 Å². The number of hydrogen-bond acceptors (Lipinski definition) is 7. The van der Waals surface area contributed by atoms with Crippen LogP contribution in [-0.4, -0.2) is 39.8 Å². The van der Waals surface area contributed by atoms with Crippen molar-refractivity contribution < 1.29 is 18.7 Å². The highest BCUT2D eigenvalue weighted by Gasteiger charge is 2.31. The van der Waals surface area contributed by atoms with E-state index in [2.05, 4.69) is 11.1 Å². The number of rotatable bonds is 7. The largest absolute Gasteiger partial charge is 0.485 e. The standard InChI is InChI=1S/C25H24ClN3O4S/c1-16(23(34)20(15-27)24(30)29-12-4-2-3-5-13-29)31-18-7-9-19(10-8-18)32-25-28-21-14-17(26)6-11-22(21)33-25/h6-11,14,16,20H,2-5,12-13H2,1H3.